The summed E-state index contributed by atoms with van der Waals surface area (Å²) in [6.45, 7) is 4.75. The fourth-order valence-corrected chi connectivity index (χ4v) is 4.82. The lowest BCUT2D eigenvalue weighted by molar-refractivity contribution is -0.180. The predicted molar refractivity (Wildman–Crippen MR) is 130 cm³/mol. The number of hydrogen-bond acceptors (Lipinski definition) is 4. The van der Waals surface area contributed by atoms with Gasteiger partial charge in [0, 0.05) is 29.1 Å². The Bertz CT molecular complexity index is 1450. The number of ether oxygens (including phenoxy) is 2. The van der Waals surface area contributed by atoms with Crippen LogP contribution in [-0.2, 0) is 16.0 Å². The SMILES string of the molecule is Cc1cc2ccccc2c(-c2ccc3c4c(ccnc24)CCO3)c1C(OC(C)(C)C(F)F)C(=O)O. The van der Waals surface area contributed by atoms with Gasteiger partial charge in [0.05, 0.1) is 12.1 Å². The second-order valence-electron chi connectivity index (χ2n) is 9.35. The van der Waals surface area contributed by atoms with E-state index in [-0.39, 0.29) is 0 Å². The van der Waals surface area contributed by atoms with E-state index in [1.165, 1.54) is 13.8 Å². The van der Waals surface area contributed by atoms with Gasteiger partial charge in [-0.3, -0.25) is 4.98 Å². The molecule has 1 aliphatic heterocycles. The van der Waals surface area contributed by atoms with Gasteiger partial charge in [0.25, 0.3) is 6.43 Å². The highest BCUT2D eigenvalue weighted by molar-refractivity contribution is 6.08. The van der Waals surface area contributed by atoms with Gasteiger partial charge in [-0.25, -0.2) is 13.6 Å². The van der Waals surface area contributed by atoms with Crippen molar-refractivity contribution in [2.45, 2.75) is 45.3 Å². The number of carbonyl (C=O) groups is 1. The van der Waals surface area contributed by atoms with Crippen molar-refractivity contribution in [2.75, 3.05) is 6.61 Å². The topological polar surface area (TPSA) is 68.7 Å². The lowest BCUT2D eigenvalue weighted by Gasteiger charge is -2.31. The Balaban J connectivity index is 1.87. The van der Waals surface area contributed by atoms with Gasteiger partial charge < -0.3 is 14.6 Å². The number of aryl methyl sites for hydroxylation is 1. The monoisotopic (exact) mass is 477 g/mol. The first-order valence-corrected chi connectivity index (χ1v) is 11.4. The molecule has 0 fully saturated rings. The largest absolute Gasteiger partial charge is 0.493 e. The Kier molecular flexibility index (Phi) is 5.68. The number of carboxylic acids is 1. The maximum Gasteiger partial charge on any atom is 0.337 e. The minimum atomic E-state index is -2.87. The Labute approximate surface area is 201 Å². The first-order valence-electron chi connectivity index (χ1n) is 11.4. The molecule has 180 valence electrons. The molecule has 0 spiro atoms. The van der Waals surface area contributed by atoms with E-state index in [1.807, 2.05) is 48.5 Å². The van der Waals surface area contributed by atoms with Crippen LogP contribution >= 0.6 is 0 Å². The first kappa shape index (κ1) is 23.2. The average Bonchev–Trinajstić information content (AvgIpc) is 2.82. The predicted octanol–water partition coefficient (Wildman–Crippen LogP) is 6.48. The molecule has 0 bridgehead atoms. The van der Waals surface area contributed by atoms with Crippen LogP contribution in [0.4, 0.5) is 8.78 Å². The zero-order chi connectivity index (χ0) is 24.9. The highest BCUT2D eigenvalue weighted by Crippen LogP contribution is 2.45. The van der Waals surface area contributed by atoms with Crippen molar-refractivity contribution >= 4 is 27.6 Å². The minimum absolute atomic E-state index is 0.337. The number of halogens is 2. The fraction of sp³-hybridized carbons (Fsp3) is 0.286. The third-order valence-corrected chi connectivity index (χ3v) is 6.57. The van der Waals surface area contributed by atoms with Crippen LogP contribution in [0.5, 0.6) is 5.75 Å². The summed E-state index contributed by atoms with van der Waals surface area (Å²) in [4.78, 5) is 17.2. The molecule has 35 heavy (non-hydrogen) atoms. The molecule has 1 aromatic heterocycles. The molecule has 0 saturated carbocycles. The molecule has 0 radical (unpaired) electrons. The fourth-order valence-electron chi connectivity index (χ4n) is 4.82. The van der Waals surface area contributed by atoms with Crippen LogP contribution in [-0.4, -0.2) is 34.7 Å². The summed E-state index contributed by atoms with van der Waals surface area (Å²) in [5.41, 5.74) is 2.09. The second kappa shape index (κ2) is 8.57. The maximum atomic E-state index is 13.7. The number of aliphatic carboxylic acids is 1. The number of nitrogens with zero attached hydrogens (tertiary/aromatic N) is 1. The van der Waals surface area contributed by atoms with Crippen molar-refractivity contribution in [3.05, 3.63) is 71.4 Å². The number of rotatable bonds is 6. The van der Waals surface area contributed by atoms with Crippen LogP contribution in [0.25, 0.3) is 32.8 Å². The quantitative estimate of drug-likeness (QED) is 0.344. The van der Waals surface area contributed by atoms with Crippen LogP contribution in [0.3, 0.4) is 0 Å². The van der Waals surface area contributed by atoms with Gasteiger partial charge in [-0.05, 0) is 66.4 Å². The molecule has 0 amide bonds. The van der Waals surface area contributed by atoms with Crippen LogP contribution in [0, 0.1) is 6.92 Å². The molecule has 1 aliphatic rings. The van der Waals surface area contributed by atoms with Gasteiger partial charge in [0.2, 0.25) is 0 Å². The van der Waals surface area contributed by atoms with Crippen LogP contribution in [0.15, 0.2) is 54.7 Å². The van der Waals surface area contributed by atoms with Crippen molar-refractivity contribution in [1.82, 2.24) is 4.98 Å². The molecule has 3 aromatic carbocycles. The van der Waals surface area contributed by atoms with Gasteiger partial charge in [-0.1, -0.05) is 30.3 Å². The van der Waals surface area contributed by atoms with Crippen molar-refractivity contribution in [2.24, 2.45) is 0 Å². The average molecular weight is 478 g/mol. The summed E-state index contributed by atoms with van der Waals surface area (Å²) in [6, 6.07) is 15.2. The van der Waals surface area contributed by atoms with E-state index in [1.54, 1.807) is 13.1 Å². The van der Waals surface area contributed by atoms with E-state index in [4.69, 9.17) is 9.47 Å². The summed E-state index contributed by atoms with van der Waals surface area (Å²) < 4.78 is 39.0. The van der Waals surface area contributed by atoms with E-state index >= 15 is 0 Å². The molecule has 1 N–H and O–H groups in total. The second-order valence-corrected chi connectivity index (χ2v) is 9.35. The van der Waals surface area contributed by atoms with E-state index in [2.05, 4.69) is 4.98 Å². The number of carboxylic acid groups (broad SMARTS) is 1. The summed E-state index contributed by atoms with van der Waals surface area (Å²) in [5.74, 6) is -0.612. The highest BCUT2D eigenvalue weighted by Gasteiger charge is 2.39. The third-order valence-electron chi connectivity index (χ3n) is 6.57. The summed E-state index contributed by atoms with van der Waals surface area (Å²) >= 11 is 0. The smallest absolute Gasteiger partial charge is 0.337 e. The molecule has 0 saturated heterocycles. The molecular formula is C28H25F2NO4. The normalized spacial score (nSPS) is 14.3. The van der Waals surface area contributed by atoms with Crippen molar-refractivity contribution in [3.8, 4) is 16.9 Å². The van der Waals surface area contributed by atoms with E-state index in [0.717, 1.165) is 33.9 Å². The Morgan fingerprint density at radius 1 is 1.17 bits per heavy atom. The number of alkyl halides is 2. The molecule has 1 atom stereocenters. The van der Waals surface area contributed by atoms with Gasteiger partial charge in [0.15, 0.2) is 6.10 Å². The van der Waals surface area contributed by atoms with Crippen LogP contribution in [0.1, 0.15) is 36.6 Å². The highest BCUT2D eigenvalue weighted by atomic mass is 19.3. The summed E-state index contributed by atoms with van der Waals surface area (Å²) in [7, 11) is 0. The summed E-state index contributed by atoms with van der Waals surface area (Å²) in [6.07, 6.45) is -2.01. The van der Waals surface area contributed by atoms with Gasteiger partial charge in [0.1, 0.15) is 11.4 Å². The zero-order valence-corrected chi connectivity index (χ0v) is 19.6. The Morgan fingerprint density at radius 2 is 1.94 bits per heavy atom. The van der Waals surface area contributed by atoms with E-state index in [0.29, 0.717) is 34.4 Å². The van der Waals surface area contributed by atoms with Crippen molar-refractivity contribution < 1.29 is 28.2 Å². The number of fused-ring (bicyclic) bond motifs is 1. The summed E-state index contributed by atoms with van der Waals surface area (Å²) in [5, 5.41) is 12.8. The molecule has 5 nitrogen and oxygen atoms in total. The Morgan fingerprint density at radius 3 is 2.69 bits per heavy atom. The molecule has 4 aromatic rings. The van der Waals surface area contributed by atoms with Crippen molar-refractivity contribution in [3.63, 3.8) is 0 Å². The number of benzene rings is 3. The first-order chi connectivity index (χ1) is 16.7. The number of pyridine rings is 1. The number of aromatic nitrogens is 1. The van der Waals surface area contributed by atoms with Gasteiger partial charge in [-0.15, -0.1) is 0 Å². The molecule has 2 heterocycles. The lowest BCUT2D eigenvalue weighted by atomic mass is 9.85. The maximum absolute atomic E-state index is 13.7. The molecule has 0 aliphatic carbocycles. The standard InChI is InChI=1S/C28H25F2NO4/c1-15-14-17-6-4-5-7-18(17)23(21(15)25(26(32)33)35-28(2,3)27(29)30)19-8-9-20-22-16(11-13-34-20)10-12-31-24(19)22/h4-10,12,14,25,27H,11,13H2,1-3H3,(H,32,33). The molecular weight excluding hydrogens is 452 g/mol. The van der Waals surface area contributed by atoms with E-state index in [9.17, 15) is 18.7 Å². The van der Waals surface area contributed by atoms with Crippen LogP contribution in [0.2, 0.25) is 0 Å². The molecule has 1 unspecified atom stereocenters. The van der Waals surface area contributed by atoms with Crippen molar-refractivity contribution in [1.29, 1.82) is 0 Å². The molecule has 7 heteroatoms. The zero-order valence-electron chi connectivity index (χ0n) is 19.6. The van der Waals surface area contributed by atoms with Gasteiger partial charge >= 0.3 is 5.97 Å². The van der Waals surface area contributed by atoms with E-state index < -0.39 is 24.1 Å². The Hall–Kier alpha value is -3.58. The van der Waals surface area contributed by atoms with Crippen LogP contribution < -0.4 is 4.74 Å². The lowest BCUT2D eigenvalue weighted by Crippen LogP contribution is -2.37. The molecule has 5 rings (SSSR count). The minimum Gasteiger partial charge on any atom is -0.493 e. The van der Waals surface area contributed by atoms with Gasteiger partial charge in [-0.2, -0.15) is 0 Å². The third kappa shape index (κ3) is 3.90. The number of hydrogen-bond donors (Lipinski definition) is 1.